The lowest BCUT2D eigenvalue weighted by atomic mass is 10.1. The van der Waals surface area contributed by atoms with Gasteiger partial charge in [-0.2, -0.15) is 0 Å². The molecule has 0 fully saturated rings. The Bertz CT molecular complexity index is 240. The second-order valence-electron chi connectivity index (χ2n) is 3.69. The fraction of sp³-hybridized carbons (Fsp3) is 0.778. The number of aliphatic hydroxyl groups is 1. The van der Waals surface area contributed by atoms with Gasteiger partial charge in [-0.3, -0.25) is 4.79 Å². The van der Waals surface area contributed by atoms with Crippen molar-refractivity contribution < 1.29 is 19.8 Å². The second-order valence-corrected chi connectivity index (χ2v) is 3.69. The number of nitrogens with two attached hydrogens (primary N) is 1. The lowest BCUT2D eigenvalue weighted by Gasteiger charge is -2.19. The SMILES string of the molecule is CCCC(N)C(=O)NCC(C)(O)C(=O)O. The molecule has 0 bridgehead atoms. The number of carbonyl (C=O) groups is 2. The molecule has 0 aromatic carbocycles. The van der Waals surface area contributed by atoms with Crippen molar-refractivity contribution in [2.75, 3.05) is 6.54 Å². The highest BCUT2D eigenvalue weighted by Crippen LogP contribution is 2.01. The van der Waals surface area contributed by atoms with E-state index in [2.05, 4.69) is 5.32 Å². The predicted octanol–water partition coefficient (Wildman–Crippen LogP) is -0.934. The molecule has 0 spiro atoms. The van der Waals surface area contributed by atoms with E-state index in [-0.39, 0.29) is 6.54 Å². The van der Waals surface area contributed by atoms with Gasteiger partial charge in [0.05, 0.1) is 12.6 Å². The van der Waals surface area contributed by atoms with E-state index in [4.69, 9.17) is 10.8 Å². The van der Waals surface area contributed by atoms with E-state index >= 15 is 0 Å². The summed E-state index contributed by atoms with van der Waals surface area (Å²) in [6, 6.07) is -0.653. The maximum atomic E-state index is 11.3. The molecule has 1 amide bonds. The Kier molecular flexibility index (Phi) is 5.24. The second kappa shape index (κ2) is 5.67. The molecule has 0 saturated carbocycles. The van der Waals surface area contributed by atoms with Crippen LogP contribution in [0.2, 0.25) is 0 Å². The molecule has 0 aliphatic rings. The maximum Gasteiger partial charge on any atom is 0.337 e. The molecule has 2 unspecified atom stereocenters. The first-order valence-corrected chi connectivity index (χ1v) is 4.80. The monoisotopic (exact) mass is 218 g/mol. The van der Waals surface area contributed by atoms with Crippen molar-refractivity contribution in [2.45, 2.75) is 38.3 Å². The third kappa shape index (κ3) is 4.75. The van der Waals surface area contributed by atoms with Crippen molar-refractivity contribution in [1.29, 1.82) is 0 Å². The normalized spacial score (nSPS) is 16.5. The van der Waals surface area contributed by atoms with Gasteiger partial charge in [0.1, 0.15) is 0 Å². The van der Waals surface area contributed by atoms with Gasteiger partial charge in [-0.1, -0.05) is 13.3 Å². The maximum absolute atomic E-state index is 11.3. The van der Waals surface area contributed by atoms with E-state index in [0.717, 1.165) is 13.3 Å². The molecule has 0 saturated heterocycles. The molecule has 0 aromatic heterocycles. The minimum absolute atomic E-state index is 0.349. The van der Waals surface area contributed by atoms with Gasteiger partial charge in [0.15, 0.2) is 5.60 Å². The fourth-order valence-corrected chi connectivity index (χ4v) is 0.908. The average Bonchev–Trinajstić information content (AvgIpc) is 2.14. The van der Waals surface area contributed by atoms with E-state index in [0.29, 0.717) is 6.42 Å². The molecule has 5 N–H and O–H groups in total. The summed E-state index contributed by atoms with van der Waals surface area (Å²) >= 11 is 0. The van der Waals surface area contributed by atoms with Crippen molar-refractivity contribution in [3.63, 3.8) is 0 Å². The van der Waals surface area contributed by atoms with Crippen LogP contribution in [0.15, 0.2) is 0 Å². The van der Waals surface area contributed by atoms with Gasteiger partial charge in [-0.15, -0.1) is 0 Å². The van der Waals surface area contributed by atoms with Crippen molar-refractivity contribution >= 4 is 11.9 Å². The number of carboxylic acid groups (broad SMARTS) is 1. The van der Waals surface area contributed by atoms with Crippen LogP contribution in [0.3, 0.4) is 0 Å². The van der Waals surface area contributed by atoms with Crippen molar-refractivity contribution in [3.05, 3.63) is 0 Å². The van der Waals surface area contributed by atoms with E-state index < -0.39 is 23.5 Å². The number of carboxylic acids is 1. The summed E-state index contributed by atoms with van der Waals surface area (Å²) in [6.45, 7) is 2.65. The van der Waals surface area contributed by atoms with Crippen molar-refractivity contribution in [2.24, 2.45) is 5.73 Å². The van der Waals surface area contributed by atoms with E-state index in [1.165, 1.54) is 0 Å². The Morgan fingerprint density at radius 3 is 2.47 bits per heavy atom. The molecule has 0 aromatic rings. The fourth-order valence-electron chi connectivity index (χ4n) is 0.908. The van der Waals surface area contributed by atoms with E-state index in [9.17, 15) is 14.7 Å². The van der Waals surface area contributed by atoms with Crippen molar-refractivity contribution in [3.8, 4) is 0 Å². The smallest absolute Gasteiger partial charge is 0.337 e. The minimum Gasteiger partial charge on any atom is -0.479 e. The summed E-state index contributed by atoms with van der Waals surface area (Å²) in [7, 11) is 0. The van der Waals surface area contributed by atoms with Gasteiger partial charge >= 0.3 is 5.97 Å². The molecular weight excluding hydrogens is 200 g/mol. The van der Waals surface area contributed by atoms with Gasteiger partial charge in [0.2, 0.25) is 5.91 Å². The Balaban J connectivity index is 4.05. The van der Waals surface area contributed by atoms with Crippen LogP contribution in [0.5, 0.6) is 0 Å². The first-order valence-electron chi connectivity index (χ1n) is 4.80. The summed E-state index contributed by atoms with van der Waals surface area (Å²) < 4.78 is 0. The molecule has 6 nitrogen and oxygen atoms in total. The Morgan fingerprint density at radius 2 is 2.07 bits per heavy atom. The van der Waals surface area contributed by atoms with Crippen LogP contribution in [-0.2, 0) is 9.59 Å². The zero-order chi connectivity index (χ0) is 12.1. The van der Waals surface area contributed by atoms with Crippen LogP contribution < -0.4 is 11.1 Å². The Morgan fingerprint density at radius 1 is 1.53 bits per heavy atom. The van der Waals surface area contributed by atoms with E-state index in [1.807, 2.05) is 6.92 Å². The highest BCUT2D eigenvalue weighted by molar-refractivity contribution is 5.83. The molecule has 0 aliphatic heterocycles. The zero-order valence-corrected chi connectivity index (χ0v) is 8.99. The molecule has 0 radical (unpaired) electrons. The summed E-state index contributed by atoms with van der Waals surface area (Å²) in [5.41, 5.74) is 3.54. The number of aliphatic carboxylic acids is 1. The lowest BCUT2D eigenvalue weighted by Crippen LogP contribution is -2.50. The molecule has 0 rings (SSSR count). The highest BCUT2D eigenvalue weighted by atomic mass is 16.4. The molecule has 15 heavy (non-hydrogen) atoms. The molecule has 6 heteroatoms. The quantitative estimate of drug-likeness (QED) is 0.460. The highest BCUT2D eigenvalue weighted by Gasteiger charge is 2.30. The Labute approximate surface area is 88.5 Å². The molecule has 88 valence electrons. The Hall–Kier alpha value is -1.14. The first-order chi connectivity index (χ1) is 6.81. The van der Waals surface area contributed by atoms with Gasteiger partial charge in [-0.25, -0.2) is 4.79 Å². The van der Waals surface area contributed by atoms with Crippen LogP contribution >= 0.6 is 0 Å². The van der Waals surface area contributed by atoms with Crippen LogP contribution in [-0.4, -0.2) is 40.3 Å². The van der Waals surface area contributed by atoms with Crippen LogP contribution in [0.1, 0.15) is 26.7 Å². The molecular formula is C9H18N2O4. The summed E-state index contributed by atoms with van der Waals surface area (Å²) in [4.78, 5) is 21.8. The number of amides is 1. The molecule has 0 aliphatic carbocycles. The van der Waals surface area contributed by atoms with Gasteiger partial charge < -0.3 is 21.3 Å². The van der Waals surface area contributed by atoms with Crippen LogP contribution in [0.4, 0.5) is 0 Å². The first kappa shape index (κ1) is 13.9. The van der Waals surface area contributed by atoms with Crippen LogP contribution in [0.25, 0.3) is 0 Å². The number of hydrogen-bond acceptors (Lipinski definition) is 4. The third-order valence-corrected chi connectivity index (χ3v) is 2.00. The van der Waals surface area contributed by atoms with E-state index in [1.54, 1.807) is 0 Å². The van der Waals surface area contributed by atoms with Gasteiger partial charge in [0.25, 0.3) is 0 Å². The number of rotatable bonds is 6. The topological polar surface area (TPSA) is 113 Å². The number of nitrogens with one attached hydrogen (secondary N) is 1. The number of hydrogen-bond donors (Lipinski definition) is 4. The summed E-state index contributed by atoms with van der Waals surface area (Å²) in [5, 5.41) is 20.2. The minimum atomic E-state index is -1.96. The molecule has 2 atom stereocenters. The third-order valence-electron chi connectivity index (χ3n) is 2.00. The van der Waals surface area contributed by atoms with Crippen LogP contribution in [0, 0.1) is 0 Å². The number of carbonyl (C=O) groups excluding carboxylic acids is 1. The largest absolute Gasteiger partial charge is 0.479 e. The zero-order valence-electron chi connectivity index (χ0n) is 8.99. The summed E-state index contributed by atoms with van der Waals surface area (Å²) in [5.74, 6) is -1.83. The van der Waals surface area contributed by atoms with Gasteiger partial charge in [0, 0.05) is 0 Å². The molecule has 0 heterocycles. The van der Waals surface area contributed by atoms with Gasteiger partial charge in [-0.05, 0) is 13.3 Å². The average molecular weight is 218 g/mol. The standard InChI is InChI=1S/C9H18N2O4/c1-3-4-6(10)7(12)11-5-9(2,15)8(13)14/h6,15H,3-5,10H2,1-2H3,(H,11,12)(H,13,14). The van der Waals surface area contributed by atoms with Crippen molar-refractivity contribution in [1.82, 2.24) is 5.32 Å². The predicted molar refractivity (Wildman–Crippen MR) is 54.2 cm³/mol. The lowest BCUT2D eigenvalue weighted by molar-refractivity contribution is -0.156. The summed E-state index contributed by atoms with van der Waals surface area (Å²) in [6.07, 6.45) is 1.30.